The fourth-order valence-corrected chi connectivity index (χ4v) is 4.39. The molecule has 1 aromatic heterocycles. The molecule has 0 N–H and O–H groups in total. The first kappa shape index (κ1) is 23.6. The van der Waals surface area contributed by atoms with E-state index in [1.807, 2.05) is 6.07 Å². The van der Waals surface area contributed by atoms with Gasteiger partial charge < -0.3 is 4.90 Å². The Morgan fingerprint density at radius 2 is 1.76 bits per heavy atom. The van der Waals surface area contributed by atoms with E-state index in [1.165, 1.54) is 11.1 Å². The second-order valence-electron chi connectivity index (χ2n) is 6.89. The van der Waals surface area contributed by atoms with Crippen LogP contribution >= 0.6 is 35.3 Å². The maximum absolute atomic E-state index is 13.3. The monoisotopic (exact) mass is 451 g/mol. The third-order valence-corrected chi connectivity index (χ3v) is 6.35. The van der Waals surface area contributed by atoms with Gasteiger partial charge >= 0.3 is 0 Å². The van der Waals surface area contributed by atoms with Crippen LogP contribution in [0.5, 0.6) is 0 Å². The van der Waals surface area contributed by atoms with E-state index in [2.05, 4.69) is 44.7 Å². The van der Waals surface area contributed by atoms with Gasteiger partial charge in [0, 0.05) is 23.7 Å². The summed E-state index contributed by atoms with van der Waals surface area (Å²) >= 11 is 7.68. The highest BCUT2D eigenvalue weighted by Crippen LogP contribution is 2.31. The van der Waals surface area contributed by atoms with Crippen molar-refractivity contribution in [2.24, 2.45) is 0 Å². The van der Waals surface area contributed by atoms with Gasteiger partial charge in [-0.05, 0) is 68.4 Å². The summed E-state index contributed by atoms with van der Waals surface area (Å²) in [5.74, 6) is -0.0674. The third-order valence-electron chi connectivity index (χ3n) is 5.07. The molecule has 1 heterocycles. The van der Waals surface area contributed by atoms with E-state index >= 15 is 0 Å². The molecule has 0 aliphatic heterocycles. The number of fused-ring (bicyclic) bond motifs is 1. The number of carbonyl (C=O) groups excluding carboxylic acids is 1. The maximum Gasteiger partial charge on any atom is 0.260 e. The summed E-state index contributed by atoms with van der Waals surface area (Å²) in [5.41, 5.74) is 3.97. The van der Waals surface area contributed by atoms with Gasteiger partial charge in [0.25, 0.3) is 5.91 Å². The zero-order valence-electron chi connectivity index (χ0n) is 17.2. The van der Waals surface area contributed by atoms with Crippen molar-refractivity contribution in [3.05, 3.63) is 58.1 Å². The number of halogens is 2. The Bertz CT molecular complexity index is 946. The lowest BCUT2D eigenvalue weighted by molar-refractivity contribution is 0.0984. The molecule has 0 radical (unpaired) electrons. The van der Waals surface area contributed by atoms with Crippen LogP contribution in [0.4, 0.5) is 5.13 Å². The van der Waals surface area contributed by atoms with Gasteiger partial charge in [0.1, 0.15) is 0 Å². The summed E-state index contributed by atoms with van der Waals surface area (Å²) in [7, 11) is 0. The van der Waals surface area contributed by atoms with E-state index in [-0.39, 0.29) is 18.3 Å². The minimum atomic E-state index is -0.0674. The van der Waals surface area contributed by atoms with Crippen molar-refractivity contribution in [3.8, 4) is 0 Å². The molecule has 0 unspecified atom stereocenters. The van der Waals surface area contributed by atoms with Crippen LogP contribution in [0.1, 0.15) is 35.3 Å². The summed E-state index contributed by atoms with van der Waals surface area (Å²) in [6.45, 7) is 11.7. The van der Waals surface area contributed by atoms with Gasteiger partial charge in [-0.15, -0.1) is 12.4 Å². The topological polar surface area (TPSA) is 36.4 Å². The maximum atomic E-state index is 13.3. The Kier molecular flexibility index (Phi) is 8.46. The molecule has 3 aromatic rings. The average molecular weight is 452 g/mol. The van der Waals surface area contributed by atoms with E-state index < -0.39 is 0 Å². The Labute approximate surface area is 187 Å². The van der Waals surface area contributed by atoms with Crippen LogP contribution in [0, 0.1) is 13.8 Å². The van der Waals surface area contributed by atoms with Crippen molar-refractivity contribution < 1.29 is 4.79 Å². The van der Waals surface area contributed by atoms with Gasteiger partial charge in [-0.25, -0.2) is 4.98 Å². The molecule has 1 amide bonds. The highest BCUT2D eigenvalue weighted by molar-refractivity contribution is 7.22. The molecule has 7 heteroatoms. The van der Waals surface area contributed by atoms with Crippen molar-refractivity contribution in [2.75, 3.05) is 31.1 Å². The molecule has 29 heavy (non-hydrogen) atoms. The average Bonchev–Trinajstić information content (AvgIpc) is 3.07. The molecule has 156 valence electrons. The first-order chi connectivity index (χ1) is 13.4. The number of benzene rings is 2. The minimum absolute atomic E-state index is 0. The predicted molar refractivity (Wildman–Crippen MR) is 127 cm³/mol. The summed E-state index contributed by atoms with van der Waals surface area (Å²) in [6, 6.07) is 11.4. The second-order valence-corrected chi connectivity index (χ2v) is 8.34. The zero-order valence-corrected chi connectivity index (χ0v) is 19.6. The first-order valence-electron chi connectivity index (χ1n) is 9.60. The Balaban J connectivity index is 0.00000300. The van der Waals surface area contributed by atoms with Gasteiger partial charge in [0.15, 0.2) is 5.13 Å². The number of nitrogens with zero attached hydrogens (tertiary/aromatic N) is 3. The second kappa shape index (κ2) is 10.4. The number of hydrogen-bond acceptors (Lipinski definition) is 4. The first-order valence-corrected chi connectivity index (χ1v) is 10.8. The van der Waals surface area contributed by atoms with Crippen LogP contribution in [0.25, 0.3) is 10.2 Å². The third kappa shape index (κ3) is 5.48. The molecule has 4 nitrogen and oxygen atoms in total. The number of rotatable bonds is 7. The molecule has 0 aliphatic rings. The number of hydrogen-bond donors (Lipinski definition) is 0. The molecule has 3 rings (SSSR count). The van der Waals surface area contributed by atoms with Crippen molar-refractivity contribution in [1.29, 1.82) is 0 Å². The molecule has 0 bridgehead atoms. The molecular formula is C22H27Cl2N3OS. The Morgan fingerprint density at radius 3 is 2.41 bits per heavy atom. The van der Waals surface area contributed by atoms with E-state index in [0.717, 1.165) is 35.0 Å². The summed E-state index contributed by atoms with van der Waals surface area (Å²) in [6.07, 6.45) is 0. The summed E-state index contributed by atoms with van der Waals surface area (Å²) < 4.78 is 1.10. The summed E-state index contributed by atoms with van der Waals surface area (Å²) in [4.78, 5) is 22.2. The van der Waals surface area contributed by atoms with Gasteiger partial charge in [-0.1, -0.05) is 42.9 Å². The minimum Gasteiger partial charge on any atom is -0.302 e. The zero-order chi connectivity index (χ0) is 20.3. The Morgan fingerprint density at radius 1 is 1.07 bits per heavy atom. The number of anilines is 1. The van der Waals surface area contributed by atoms with Crippen molar-refractivity contribution in [3.63, 3.8) is 0 Å². The molecule has 0 saturated carbocycles. The van der Waals surface area contributed by atoms with Gasteiger partial charge in [-0.2, -0.15) is 0 Å². The van der Waals surface area contributed by atoms with Crippen molar-refractivity contribution >= 4 is 56.6 Å². The van der Waals surface area contributed by atoms with Gasteiger partial charge in [-0.3, -0.25) is 9.69 Å². The van der Waals surface area contributed by atoms with Crippen LogP contribution in [-0.4, -0.2) is 42.0 Å². The van der Waals surface area contributed by atoms with E-state index in [1.54, 1.807) is 34.4 Å². The quantitative estimate of drug-likeness (QED) is 0.443. The van der Waals surface area contributed by atoms with Gasteiger partial charge in [0.05, 0.1) is 10.2 Å². The molecule has 0 aliphatic carbocycles. The van der Waals surface area contributed by atoms with Crippen molar-refractivity contribution in [1.82, 2.24) is 9.88 Å². The van der Waals surface area contributed by atoms with E-state index in [0.29, 0.717) is 17.1 Å². The van der Waals surface area contributed by atoms with Gasteiger partial charge in [0.2, 0.25) is 0 Å². The highest BCUT2D eigenvalue weighted by Gasteiger charge is 2.22. The fourth-order valence-electron chi connectivity index (χ4n) is 3.13. The number of amides is 1. The highest BCUT2D eigenvalue weighted by atomic mass is 35.5. The number of aryl methyl sites for hydroxylation is 2. The summed E-state index contributed by atoms with van der Waals surface area (Å²) in [5, 5.41) is 1.29. The van der Waals surface area contributed by atoms with Crippen LogP contribution in [0.2, 0.25) is 5.02 Å². The smallest absolute Gasteiger partial charge is 0.260 e. The lowest BCUT2D eigenvalue weighted by Gasteiger charge is -2.24. The lowest BCUT2D eigenvalue weighted by Crippen LogP contribution is -2.38. The van der Waals surface area contributed by atoms with E-state index in [9.17, 15) is 4.79 Å². The van der Waals surface area contributed by atoms with Crippen LogP contribution in [0.3, 0.4) is 0 Å². The molecule has 0 spiro atoms. The standard InChI is InChI=1S/C22H26ClN3OS.ClH/c1-5-25(6-2)10-11-26(21(27)17-8-7-9-18(23)14-17)22-24-19-12-15(3)16(4)13-20(19)28-22;/h7-9,12-14H,5-6,10-11H2,1-4H3;1H. The van der Waals surface area contributed by atoms with Crippen LogP contribution < -0.4 is 4.90 Å². The number of carbonyl (C=O) groups is 1. The van der Waals surface area contributed by atoms with Crippen LogP contribution in [0.15, 0.2) is 36.4 Å². The molecule has 0 saturated heterocycles. The van der Waals surface area contributed by atoms with Crippen molar-refractivity contribution in [2.45, 2.75) is 27.7 Å². The number of aromatic nitrogens is 1. The van der Waals surface area contributed by atoms with Crippen LogP contribution in [-0.2, 0) is 0 Å². The molecule has 2 aromatic carbocycles. The largest absolute Gasteiger partial charge is 0.302 e. The normalized spacial score (nSPS) is 11.0. The SMILES string of the molecule is CCN(CC)CCN(C(=O)c1cccc(Cl)c1)c1nc2cc(C)c(C)cc2s1.Cl. The predicted octanol–water partition coefficient (Wildman–Crippen LogP) is 5.98. The number of thiazole rings is 1. The molecule has 0 atom stereocenters. The lowest BCUT2D eigenvalue weighted by atomic mass is 10.1. The number of likely N-dealkylation sites (N-methyl/N-ethyl adjacent to an activating group) is 1. The molecule has 0 fully saturated rings. The van der Waals surface area contributed by atoms with E-state index in [4.69, 9.17) is 16.6 Å². The molecular weight excluding hydrogens is 425 g/mol. The fraction of sp³-hybridized carbons (Fsp3) is 0.364. The Hall–Kier alpha value is -1.66.